The minimum absolute atomic E-state index is 0.0643. The number of aromatic nitrogens is 1. The number of hydrogen-bond acceptors (Lipinski definition) is 5. The molecule has 0 saturated heterocycles. The molecule has 0 spiro atoms. The smallest absolute Gasteiger partial charge is 0.344 e. The normalized spacial score (nSPS) is 12.5. The van der Waals surface area contributed by atoms with Crippen LogP contribution in [-0.4, -0.2) is 23.6 Å². The molecule has 1 aliphatic carbocycles. The number of aryl methyl sites for hydroxylation is 3. The Bertz CT molecular complexity index is 1120. The molecule has 0 atom stereocenters. The number of esters is 1. The fourth-order valence-corrected chi connectivity index (χ4v) is 3.81. The molecule has 2 aromatic carbocycles. The van der Waals surface area contributed by atoms with Gasteiger partial charge in [-0.25, -0.2) is 9.18 Å². The van der Waals surface area contributed by atoms with Gasteiger partial charge in [0, 0.05) is 5.69 Å². The zero-order chi connectivity index (χ0) is 21.3. The van der Waals surface area contributed by atoms with Gasteiger partial charge in [-0.05, 0) is 61.6 Å². The van der Waals surface area contributed by atoms with E-state index in [1.165, 1.54) is 36.2 Å². The maximum absolute atomic E-state index is 14.3. The topological polar surface area (TPSA) is 81.4 Å². The highest BCUT2D eigenvalue weighted by Gasteiger charge is 2.27. The van der Waals surface area contributed by atoms with E-state index in [9.17, 15) is 14.0 Å². The average molecular weight is 429 g/mol. The van der Waals surface area contributed by atoms with E-state index in [1.54, 1.807) is 0 Å². The van der Waals surface area contributed by atoms with Crippen molar-refractivity contribution in [3.63, 3.8) is 0 Å². The molecule has 0 radical (unpaired) electrons. The average Bonchev–Trinajstić information content (AvgIpc) is 3.32. The van der Waals surface area contributed by atoms with Gasteiger partial charge in [0.25, 0.3) is 5.91 Å². The van der Waals surface area contributed by atoms with Crippen molar-refractivity contribution >= 4 is 29.2 Å². The molecule has 0 saturated carbocycles. The molecule has 1 aliphatic rings. The number of halogens is 2. The monoisotopic (exact) mass is 428 g/mol. The molecule has 6 nitrogen and oxygen atoms in total. The van der Waals surface area contributed by atoms with Crippen molar-refractivity contribution in [2.75, 3.05) is 11.9 Å². The molecular formula is C22H18ClFN2O4. The van der Waals surface area contributed by atoms with E-state index in [0.717, 1.165) is 19.3 Å². The van der Waals surface area contributed by atoms with Crippen LogP contribution in [0.1, 0.15) is 33.7 Å². The Kier molecular flexibility index (Phi) is 5.55. The van der Waals surface area contributed by atoms with Crippen molar-refractivity contribution in [2.45, 2.75) is 26.2 Å². The number of anilines is 1. The first kappa shape index (κ1) is 20.1. The first-order chi connectivity index (χ1) is 14.4. The predicted molar refractivity (Wildman–Crippen MR) is 109 cm³/mol. The number of ether oxygens (including phenoxy) is 1. The Hall–Kier alpha value is -3.19. The van der Waals surface area contributed by atoms with Crippen LogP contribution in [0.4, 0.5) is 10.1 Å². The number of rotatable bonds is 5. The Morgan fingerprint density at radius 2 is 2.03 bits per heavy atom. The van der Waals surface area contributed by atoms with E-state index in [4.69, 9.17) is 20.9 Å². The number of carbonyl (C=O) groups is 2. The fourth-order valence-electron chi connectivity index (χ4n) is 3.56. The van der Waals surface area contributed by atoms with Crippen molar-refractivity contribution in [2.24, 2.45) is 0 Å². The molecule has 1 heterocycles. The highest BCUT2D eigenvalue weighted by atomic mass is 35.5. The predicted octanol–water partition coefficient (Wildman–Crippen LogP) is 4.73. The van der Waals surface area contributed by atoms with Gasteiger partial charge in [0.05, 0.1) is 10.6 Å². The SMILES string of the molecule is Cc1onc(-c2c(F)cccc2Cl)c1C(=O)OCC(=O)Nc1ccc2c(c1)CCC2. The van der Waals surface area contributed by atoms with E-state index >= 15 is 0 Å². The Morgan fingerprint density at radius 1 is 1.23 bits per heavy atom. The summed E-state index contributed by atoms with van der Waals surface area (Å²) in [6.07, 6.45) is 3.15. The first-order valence-electron chi connectivity index (χ1n) is 9.43. The Labute approximate surface area is 177 Å². The molecule has 4 rings (SSSR count). The van der Waals surface area contributed by atoms with Crippen LogP contribution in [0.15, 0.2) is 40.9 Å². The molecule has 1 amide bonds. The maximum atomic E-state index is 14.3. The van der Waals surface area contributed by atoms with E-state index in [0.29, 0.717) is 5.69 Å². The third-order valence-electron chi connectivity index (χ3n) is 4.98. The lowest BCUT2D eigenvalue weighted by Gasteiger charge is -2.09. The molecule has 1 aromatic heterocycles. The van der Waals surface area contributed by atoms with E-state index < -0.39 is 24.3 Å². The van der Waals surface area contributed by atoms with Crippen LogP contribution >= 0.6 is 11.6 Å². The van der Waals surface area contributed by atoms with E-state index in [1.807, 2.05) is 18.2 Å². The lowest BCUT2D eigenvalue weighted by atomic mass is 10.1. The molecule has 0 unspecified atom stereocenters. The van der Waals surface area contributed by atoms with Crippen molar-refractivity contribution in [3.05, 3.63) is 69.7 Å². The van der Waals surface area contributed by atoms with Gasteiger partial charge in [0.15, 0.2) is 6.61 Å². The van der Waals surface area contributed by atoms with Crippen LogP contribution in [0.25, 0.3) is 11.3 Å². The van der Waals surface area contributed by atoms with Gasteiger partial charge in [-0.3, -0.25) is 4.79 Å². The summed E-state index contributed by atoms with van der Waals surface area (Å²) in [4.78, 5) is 24.8. The third kappa shape index (κ3) is 3.93. The second kappa shape index (κ2) is 8.28. The Morgan fingerprint density at radius 3 is 2.83 bits per heavy atom. The quantitative estimate of drug-likeness (QED) is 0.594. The summed E-state index contributed by atoms with van der Waals surface area (Å²) in [5.41, 5.74) is 2.95. The van der Waals surface area contributed by atoms with Crippen LogP contribution in [0.5, 0.6) is 0 Å². The van der Waals surface area contributed by atoms with Gasteiger partial charge in [-0.2, -0.15) is 0 Å². The standard InChI is InChI=1S/C22H18ClFN2O4/c1-12-19(21(26-30-12)20-16(23)6-3-7-17(20)24)22(28)29-11-18(27)25-15-9-8-13-4-2-5-14(13)10-15/h3,6-10H,2,4-5,11H2,1H3,(H,25,27). The van der Waals surface area contributed by atoms with Gasteiger partial charge < -0.3 is 14.6 Å². The highest BCUT2D eigenvalue weighted by Crippen LogP contribution is 2.33. The molecule has 3 aromatic rings. The lowest BCUT2D eigenvalue weighted by molar-refractivity contribution is -0.119. The van der Waals surface area contributed by atoms with Crippen molar-refractivity contribution in [1.29, 1.82) is 0 Å². The third-order valence-corrected chi connectivity index (χ3v) is 5.30. The second-order valence-corrected chi connectivity index (χ2v) is 7.43. The van der Waals surface area contributed by atoms with Gasteiger partial charge in [0.1, 0.15) is 22.8 Å². The van der Waals surface area contributed by atoms with Gasteiger partial charge >= 0.3 is 5.97 Å². The summed E-state index contributed by atoms with van der Waals surface area (Å²) < 4.78 is 24.4. The molecular weight excluding hydrogens is 411 g/mol. The zero-order valence-electron chi connectivity index (χ0n) is 16.1. The number of hydrogen-bond donors (Lipinski definition) is 1. The molecule has 0 aliphatic heterocycles. The lowest BCUT2D eigenvalue weighted by Crippen LogP contribution is -2.21. The highest BCUT2D eigenvalue weighted by molar-refractivity contribution is 6.33. The minimum Gasteiger partial charge on any atom is -0.452 e. The molecule has 154 valence electrons. The van der Waals surface area contributed by atoms with Crippen LogP contribution < -0.4 is 5.32 Å². The van der Waals surface area contributed by atoms with Crippen LogP contribution in [0.3, 0.4) is 0 Å². The van der Waals surface area contributed by atoms with Gasteiger partial charge in [0.2, 0.25) is 0 Å². The maximum Gasteiger partial charge on any atom is 0.344 e. The van der Waals surface area contributed by atoms with Crippen molar-refractivity contribution < 1.29 is 23.2 Å². The molecule has 0 fully saturated rings. The van der Waals surface area contributed by atoms with E-state index in [2.05, 4.69) is 10.5 Å². The number of amides is 1. The molecule has 8 heteroatoms. The second-order valence-electron chi connectivity index (χ2n) is 7.02. The number of benzene rings is 2. The fraction of sp³-hybridized carbons (Fsp3) is 0.227. The summed E-state index contributed by atoms with van der Waals surface area (Å²) in [6, 6.07) is 9.87. The molecule has 0 bridgehead atoms. The zero-order valence-corrected chi connectivity index (χ0v) is 16.9. The number of nitrogens with one attached hydrogen (secondary N) is 1. The van der Waals surface area contributed by atoms with Crippen molar-refractivity contribution in [3.8, 4) is 11.3 Å². The summed E-state index contributed by atoms with van der Waals surface area (Å²) in [5.74, 6) is -1.86. The largest absolute Gasteiger partial charge is 0.452 e. The minimum atomic E-state index is -0.854. The summed E-state index contributed by atoms with van der Waals surface area (Å²) in [6.45, 7) is 0.984. The van der Waals surface area contributed by atoms with Crippen LogP contribution in [-0.2, 0) is 22.4 Å². The van der Waals surface area contributed by atoms with Gasteiger partial charge in [-0.1, -0.05) is 28.9 Å². The summed E-state index contributed by atoms with van der Waals surface area (Å²) >= 11 is 6.07. The number of fused-ring (bicyclic) bond motifs is 1. The van der Waals surface area contributed by atoms with Gasteiger partial charge in [-0.15, -0.1) is 0 Å². The number of nitrogens with zero attached hydrogens (tertiary/aromatic N) is 1. The van der Waals surface area contributed by atoms with Crippen LogP contribution in [0.2, 0.25) is 5.02 Å². The van der Waals surface area contributed by atoms with Crippen molar-refractivity contribution in [1.82, 2.24) is 5.16 Å². The Balaban J connectivity index is 1.46. The van der Waals surface area contributed by atoms with E-state index in [-0.39, 0.29) is 27.6 Å². The van der Waals surface area contributed by atoms with Crippen LogP contribution in [0, 0.1) is 12.7 Å². The summed E-state index contributed by atoms with van der Waals surface area (Å²) in [7, 11) is 0. The first-order valence-corrected chi connectivity index (χ1v) is 9.81. The number of carbonyl (C=O) groups excluding carboxylic acids is 2. The molecule has 30 heavy (non-hydrogen) atoms. The summed E-state index contributed by atoms with van der Waals surface area (Å²) in [5, 5.41) is 6.55. The molecule has 1 N–H and O–H groups in total.